The molecule has 0 bridgehead atoms. The number of fused-ring (bicyclic) bond motifs is 1. The molecule has 0 unspecified atom stereocenters. The Hall–Kier alpha value is -3.25. The van der Waals surface area contributed by atoms with Gasteiger partial charge in [0.2, 0.25) is 5.91 Å². The number of carbonyl (C=O) groups excluding carboxylic acids is 1. The molecular formula is C24H23N3O2S. The number of hydrogen-bond acceptors (Lipinski definition) is 4. The van der Waals surface area contributed by atoms with E-state index in [1.54, 1.807) is 11.8 Å². The number of anilines is 1. The predicted molar refractivity (Wildman–Crippen MR) is 122 cm³/mol. The Labute approximate surface area is 180 Å². The van der Waals surface area contributed by atoms with Gasteiger partial charge in [-0.05, 0) is 49.6 Å². The van der Waals surface area contributed by atoms with E-state index in [-0.39, 0.29) is 19.1 Å². The summed E-state index contributed by atoms with van der Waals surface area (Å²) in [6, 6.07) is 23.5. The maximum atomic E-state index is 12.8. The lowest BCUT2D eigenvalue weighted by molar-refractivity contribution is -0.116. The van der Waals surface area contributed by atoms with Gasteiger partial charge in [0.1, 0.15) is 24.7 Å². The Bertz CT molecular complexity index is 1170. The van der Waals surface area contributed by atoms with E-state index in [1.165, 1.54) is 5.56 Å². The minimum absolute atomic E-state index is 0.101. The first-order valence-corrected chi connectivity index (χ1v) is 10.9. The van der Waals surface area contributed by atoms with Crippen molar-refractivity contribution in [3.8, 4) is 5.75 Å². The maximum absolute atomic E-state index is 12.8. The summed E-state index contributed by atoms with van der Waals surface area (Å²) in [7, 11) is 0. The lowest BCUT2D eigenvalue weighted by Gasteiger charge is -2.12. The fourth-order valence-corrected chi connectivity index (χ4v) is 3.83. The van der Waals surface area contributed by atoms with Gasteiger partial charge in [0.25, 0.3) is 0 Å². The number of thioether (sulfide) groups is 1. The molecule has 0 fully saturated rings. The molecular weight excluding hydrogens is 394 g/mol. The molecule has 6 heteroatoms. The van der Waals surface area contributed by atoms with Crippen LogP contribution in [0.15, 0.2) is 77.7 Å². The molecule has 3 aromatic carbocycles. The van der Waals surface area contributed by atoms with E-state index in [4.69, 9.17) is 9.72 Å². The number of rotatable bonds is 7. The highest BCUT2D eigenvalue weighted by Crippen LogP contribution is 2.25. The fraction of sp³-hybridized carbons (Fsp3) is 0.167. The number of benzene rings is 3. The van der Waals surface area contributed by atoms with E-state index in [1.807, 2.05) is 90.5 Å². The van der Waals surface area contributed by atoms with Gasteiger partial charge in [-0.2, -0.15) is 0 Å². The first-order chi connectivity index (χ1) is 14.6. The number of nitrogens with zero attached hydrogens (tertiary/aromatic N) is 2. The standard InChI is InChI=1S/C24H23N3O2S/c1-17-11-13-18(14-12-17)29-16-23-25-19-7-3-5-9-21(19)27(23)15-24(28)26-20-8-4-6-10-22(20)30-2/h3-14H,15-16H2,1-2H3,(H,26,28). The molecule has 0 saturated carbocycles. The van der Waals surface area contributed by atoms with Crippen LogP contribution in [0, 0.1) is 6.92 Å². The topological polar surface area (TPSA) is 56.2 Å². The van der Waals surface area contributed by atoms with Crippen LogP contribution in [0.5, 0.6) is 5.75 Å². The molecule has 0 saturated heterocycles. The number of aryl methyl sites for hydroxylation is 1. The fourth-order valence-electron chi connectivity index (χ4n) is 3.28. The summed E-state index contributed by atoms with van der Waals surface area (Å²) in [4.78, 5) is 18.6. The van der Waals surface area contributed by atoms with Crippen LogP contribution < -0.4 is 10.1 Å². The summed E-state index contributed by atoms with van der Waals surface area (Å²) in [5.41, 5.74) is 3.75. The number of ether oxygens (including phenoxy) is 1. The Kier molecular flexibility index (Phi) is 6.05. The Morgan fingerprint density at radius 3 is 2.57 bits per heavy atom. The number of amides is 1. The molecule has 1 amide bonds. The van der Waals surface area contributed by atoms with Gasteiger partial charge in [-0.15, -0.1) is 11.8 Å². The molecule has 1 N–H and O–H groups in total. The van der Waals surface area contributed by atoms with Crippen LogP contribution in [-0.2, 0) is 17.9 Å². The molecule has 5 nitrogen and oxygen atoms in total. The molecule has 4 rings (SSSR count). The number of carbonyl (C=O) groups is 1. The van der Waals surface area contributed by atoms with Crippen LogP contribution in [-0.4, -0.2) is 21.7 Å². The van der Waals surface area contributed by atoms with Crippen LogP contribution in [0.25, 0.3) is 11.0 Å². The smallest absolute Gasteiger partial charge is 0.244 e. The van der Waals surface area contributed by atoms with Crippen LogP contribution in [0.2, 0.25) is 0 Å². The number of nitrogens with one attached hydrogen (secondary N) is 1. The third-order valence-electron chi connectivity index (χ3n) is 4.81. The lowest BCUT2D eigenvalue weighted by atomic mass is 10.2. The van der Waals surface area contributed by atoms with Crippen molar-refractivity contribution in [2.75, 3.05) is 11.6 Å². The van der Waals surface area contributed by atoms with Crippen molar-refractivity contribution in [1.29, 1.82) is 0 Å². The highest BCUT2D eigenvalue weighted by atomic mass is 32.2. The van der Waals surface area contributed by atoms with Gasteiger partial charge in [-0.25, -0.2) is 4.98 Å². The summed E-state index contributed by atoms with van der Waals surface area (Å²) >= 11 is 1.60. The normalized spacial score (nSPS) is 10.9. The van der Waals surface area contributed by atoms with E-state index in [2.05, 4.69) is 5.32 Å². The molecule has 1 aromatic heterocycles. The monoisotopic (exact) mass is 417 g/mol. The first kappa shape index (κ1) is 20.0. The van der Waals surface area contributed by atoms with Crippen molar-refractivity contribution in [1.82, 2.24) is 9.55 Å². The molecule has 0 aliphatic carbocycles. The summed E-state index contributed by atoms with van der Waals surface area (Å²) in [6.45, 7) is 2.49. The average molecular weight is 418 g/mol. The molecule has 0 aliphatic heterocycles. The minimum atomic E-state index is -0.101. The van der Waals surface area contributed by atoms with Gasteiger partial charge in [0.15, 0.2) is 0 Å². The van der Waals surface area contributed by atoms with E-state index >= 15 is 0 Å². The van der Waals surface area contributed by atoms with Crippen LogP contribution in [0.4, 0.5) is 5.69 Å². The second-order valence-electron chi connectivity index (χ2n) is 6.95. The van der Waals surface area contributed by atoms with Gasteiger partial charge in [0, 0.05) is 4.90 Å². The molecule has 1 heterocycles. The molecule has 0 aliphatic rings. The van der Waals surface area contributed by atoms with E-state index in [9.17, 15) is 4.79 Å². The molecule has 30 heavy (non-hydrogen) atoms. The molecule has 152 valence electrons. The van der Waals surface area contributed by atoms with Crippen molar-refractivity contribution in [2.24, 2.45) is 0 Å². The van der Waals surface area contributed by atoms with E-state index in [0.717, 1.165) is 27.4 Å². The SMILES string of the molecule is CSc1ccccc1NC(=O)Cn1c(COc2ccc(C)cc2)nc2ccccc21. The van der Waals surface area contributed by atoms with Gasteiger partial charge < -0.3 is 14.6 Å². The lowest BCUT2D eigenvalue weighted by Crippen LogP contribution is -2.21. The van der Waals surface area contributed by atoms with Crippen LogP contribution >= 0.6 is 11.8 Å². The maximum Gasteiger partial charge on any atom is 0.244 e. The van der Waals surface area contributed by atoms with Crippen molar-refractivity contribution in [2.45, 2.75) is 25.0 Å². The number of aromatic nitrogens is 2. The van der Waals surface area contributed by atoms with Gasteiger partial charge in [-0.1, -0.05) is 42.0 Å². The second kappa shape index (κ2) is 9.05. The number of hydrogen-bond donors (Lipinski definition) is 1. The molecule has 0 atom stereocenters. The van der Waals surface area contributed by atoms with Crippen molar-refractivity contribution < 1.29 is 9.53 Å². The highest BCUT2D eigenvalue weighted by molar-refractivity contribution is 7.98. The molecule has 4 aromatic rings. The van der Waals surface area contributed by atoms with Crippen LogP contribution in [0.1, 0.15) is 11.4 Å². The average Bonchev–Trinajstić information content (AvgIpc) is 3.11. The van der Waals surface area contributed by atoms with E-state index in [0.29, 0.717) is 5.82 Å². The zero-order chi connectivity index (χ0) is 20.9. The largest absolute Gasteiger partial charge is 0.486 e. The third-order valence-corrected chi connectivity index (χ3v) is 5.60. The second-order valence-corrected chi connectivity index (χ2v) is 7.80. The number of imidazole rings is 1. The molecule has 0 radical (unpaired) electrons. The minimum Gasteiger partial charge on any atom is -0.486 e. The van der Waals surface area contributed by atoms with E-state index < -0.39 is 0 Å². The zero-order valence-corrected chi connectivity index (χ0v) is 17.8. The van der Waals surface area contributed by atoms with Gasteiger partial charge in [0.05, 0.1) is 16.7 Å². The van der Waals surface area contributed by atoms with Crippen LogP contribution in [0.3, 0.4) is 0 Å². The Balaban J connectivity index is 1.56. The summed E-state index contributed by atoms with van der Waals surface area (Å²) in [5.74, 6) is 1.39. The Morgan fingerprint density at radius 1 is 1.03 bits per heavy atom. The van der Waals surface area contributed by atoms with Gasteiger partial charge >= 0.3 is 0 Å². The number of para-hydroxylation sites is 3. The Morgan fingerprint density at radius 2 is 1.77 bits per heavy atom. The van der Waals surface area contributed by atoms with Crippen molar-refractivity contribution >= 4 is 34.4 Å². The van der Waals surface area contributed by atoms with Crippen molar-refractivity contribution in [3.05, 3.63) is 84.2 Å². The highest BCUT2D eigenvalue weighted by Gasteiger charge is 2.15. The van der Waals surface area contributed by atoms with Crippen molar-refractivity contribution in [3.63, 3.8) is 0 Å². The van der Waals surface area contributed by atoms with Gasteiger partial charge in [-0.3, -0.25) is 4.79 Å². The summed E-state index contributed by atoms with van der Waals surface area (Å²) in [5, 5.41) is 3.02. The predicted octanol–water partition coefficient (Wildman–Crippen LogP) is 5.28. The summed E-state index contributed by atoms with van der Waals surface area (Å²) in [6.07, 6.45) is 1.99. The third kappa shape index (κ3) is 4.49. The zero-order valence-electron chi connectivity index (χ0n) is 17.0. The quantitative estimate of drug-likeness (QED) is 0.416. The first-order valence-electron chi connectivity index (χ1n) is 9.70. The summed E-state index contributed by atoms with van der Waals surface area (Å²) < 4.78 is 7.85. The molecule has 0 spiro atoms.